The molecule has 31 heavy (non-hydrogen) atoms. The minimum Gasteiger partial charge on any atom is -0.504 e. The molecule has 3 heteroatoms. The van der Waals surface area contributed by atoms with Crippen LogP contribution in [0.3, 0.4) is 0 Å². The van der Waals surface area contributed by atoms with Gasteiger partial charge in [-0.3, -0.25) is 0 Å². The van der Waals surface area contributed by atoms with Gasteiger partial charge in [0.1, 0.15) is 28.5 Å². The van der Waals surface area contributed by atoms with E-state index < -0.39 is 7.26 Å². The second kappa shape index (κ2) is 7.91. The normalized spacial score (nSPS) is 11.5. The Balaban J connectivity index is 2.03. The molecule has 0 saturated carbocycles. The monoisotopic (exact) mass is 421 g/mol. The van der Waals surface area contributed by atoms with Crippen LogP contribution in [0.4, 0.5) is 0 Å². The average molecular weight is 421 g/mol. The maximum absolute atomic E-state index is 10.8. The Morgan fingerprint density at radius 2 is 0.839 bits per heavy atom. The van der Waals surface area contributed by atoms with E-state index in [4.69, 9.17) is 0 Å². The summed E-state index contributed by atoms with van der Waals surface area (Å²) in [6.45, 7) is 0. The molecule has 0 radical (unpaired) electrons. The van der Waals surface area contributed by atoms with E-state index >= 15 is 0 Å². The summed E-state index contributed by atoms with van der Waals surface area (Å²) in [6, 6.07) is 41.1. The zero-order valence-electron chi connectivity index (χ0n) is 16.9. The van der Waals surface area contributed by atoms with Gasteiger partial charge in [0.15, 0.2) is 11.5 Å². The van der Waals surface area contributed by atoms with Gasteiger partial charge in [-0.2, -0.15) is 0 Å². The SMILES string of the molecule is Oc1cc([P+](c2ccccc2)(c2ccccc2)c2ccccc2)c2ccccc2c1O. The van der Waals surface area contributed by atoms with Crippen LogP contribution < -0.4 is 21.2 Å². The summed E-state index contributed by atoms with van der Waals surface area (Å²) in [5.74, 6) is -0.174. The molecule has 0 saturated heterocycles. The van der Waals surface area contributed by atoms with Crippen molar-refractivity contribution in [3.63, 3.8) is 0 Å². The number of aromatic hydroxyl groups is 2. The van der Waals surface area contributed by atoms with Crippen LogP contribution in [0.5, 0.6) is 11.5 Å². The predicted molar refractivity (Wildman–Crippen MR) is 132 cm³/mol. The maximum Gasteiger partial charge on any atom is 0.165 e. The minimum absolute atomic E-state index is 0.0772. The van der Waals surface area contributed by atoms with Crippen molar-refractivity contribution < 1.29 is 10.2 Å². The third-order valence-corrected chi connectivity index (χ3v) is 10.1. The van der Waals surface area contributed by atoms with Crippen LogP contribution >= 0.6 is 7.26 Å². The van der Waals surface area contributed by atoms with E-state index in [2.05, 4.69) is 72.8 Å². The lowest BCUT2D eigenvalue weighted by molar-refractivity contribution is 0.408. The summed E-state index contributed by atoms with van der Waals surface area (Å²) in [7, 11) is -2.37. The summed E-state index contributed by atoms with van der Waals surface area (Å²) in [5.41, 5.74) is 0. The smallest absolute Gasteiger partial charge is 0.165 e. The maximum atomic E-state index is 10.8. The first-order valence-corrected chi connectivity index (χ1v) is 12.0. The van der Waals surface area contributed by atoms with E-state index in [0.29, 0.717) is 5.39 Å². The second-order valence-corrected chi connectivity index (χ2v) is 10.9. The Kier molecular flexibility index (Phi) is 4.94. The molecule has 0 aromatic heterocycles. The fraction of sp³-hybridized carbons (Fsp3) is 0. The molecule has 2 N–H and O–H groups in total. The molecule has 0 atom stereocenters. The fourth-order valence-electron chi connectivity index (χ4n) is 4.42. The molecule has 0 amide bonds. The molecule has 2 nitrogen and oxygen atoms in total. The first-order chi connectivity index (χ1) is 15.2. The average Bonchev–Trinajstić information content (AvgIpc) is 2.85. The molecule has 0 aliphatic carbocycles. The number of rotatable bonds is 4. The number of hydrogen-bond acceptors (Lipinski definition) is 2. The van der Waals surface area contributed by atoms with Crippen LogP contribution in [0, 0.1) is 0 Å². The van der Waals surface area contributed by atoms with Crippen molar-refractivity contribution in [1.82, 2.24) is 0 Å². The van der Waals surface area contributed by atoms with Crippen molar-refractivity contribution in [1.29, 1.82) is 0 Å². The predicted octanol–water partition coefficient (Wildman–Crippen LogP) is 4.87. The van der Waals surface area contributed by atoms with Gasteiger partial charge in [0.2, 0.25) is 0 Å². The number of hydrogen-bond donors (Lipinski definition) is 2. The number of fused-ring (bicyclic) bond motifs is 1. The van der Waals surface area contributed by atoms with Gasteiger partial charge in [-0.25, -0.2) is 0 Å². The molecule has 0 bridgehead atoms. The number of phenolic OH excluding ortho intramolecular Hbond substituents is 2. The minimum atomic E-state index is -2.37. The summed E-state index contributed by atoms with van der Waals surface area (Å²) in [6.07, 6.45) is 0. The first-order valence-electron chi connectivity index (χ1n) is 10.2. The molecule has 0 spiro atoms. The Morgan fingerprint density at radius 1 is 0.452 bits per heavy atom. The molecule has 5 rings (SSSR count). The highest BCUT2D eigenvalue weighted by Gasteiger charge is 2.49. The van der Waals surface area contributed by atoms with Gasteiger partial charge in [0, 0.05) is 16.8 Å². The van der Waals surface area contributed by atoms with Crippen LogP contribution in [0.25, 0.3) is 10.8 Å². The summed E-state index contributed by atoms with van der Waals surface area (Å²) >= 11 is 0. The van der Waals surface area contributed by atoms with E-state index in [1.807, 2.05) is 42.5 Å². The molecule has 0 aliphatic heterocycles. The van der Waals surface area contributed by atoms with Crippen LogP contribution in [0.1, 0.15) is 0 Å². The topological polar surface area (TPSA) is 40.5 Å². The number of benzene rings is 5. The van der Waals surface area contributed by atoms with E-state index in [0.717, 1.165) is 10.7 Å². The molecule has 0 fully saturated rings. The summed E-state index contributed by atoms with van der Waals surface area (Å²) in [4.78, 5) is 0. The van der Waals surface area contributed by atoms with Gasteiger partial charge in [0.05, 0.1) is 0 Å². The molecule has 5 aromatic rings. The van der Waals surface area contributed by atoms with Crippen molar-refractivity contribution in [2.45, 2.75) is 0 Å². The van der Waals surface area contributed by atoms with Gasteiger partial charge in [0.25, 0.3) is 0 Å². The van der Waals surface area contributed by atoms with Gasteiger partial charge in [-0.05, 0) is 36.4 Å². The molecule has 0 aliphatic rings. The lowest BCUT2D eigenvalue weighted by atomic mass is 10.1. The zero-order chi connectivity index (χ0) is 21.3. The third-order valence-electron chi connectivity index (χ3n) is 5.77. The largest absolute Gasteiger partial charge is 0.504 e. The first kappa shape index (κ1) is 19.4. The van der Waals surface area contributed by atoms with Crippen molar-refractivity contribution in [2.24, 2.45) is 0 Å². The fourth-order valence-corrected chi connectivity index (χ4v) is 8.88. The third kappa shape index (κ3) is 3.08. The summed E-state index contributed by atoms with van der Waals surface area (Å²) < 4.78 is 0. The number of phenols is 2. The van der Waals surface area contributed by atoms with Crippen molar-refractivity contribution in [2.75, 3.05) is 0 Å². The highest BCUT2D eigenvalue weighted by atomic mass is 31.2. The van der Waals surface area contributed by atoms with E-state index in [1.54, 1.807) is 6.07 Å². The standard InChI is InChI=1S/C28H21O2P/c29-26-20-27(24-18-10-11-19-25(24)28(26)30)31(21-12-4-1-5-13-21,22-14-6-2-7-15-22)23-16-8-3-9-17-23/h1-20H,(H-,29,30)/p+1. The van der Waals surface area contributed by atoms with Crippen molar-refractivity contribution >= 4 is 39.3 Å². The van der Waals surface area contributed by atoms with Crippen molar-refractivity contribution in [3.05, 3.63) is 121 Å². The lowest BCUT2D eigenvalue weighted by Crippen LogP contribution is -2.38. The Hall–Kier alpha value is -3.61. The molecule has 5 aromatic carbocycles. The molecule has 0 unspecified atom stereocenters. The summed E-state index contributed by atoms with van der Waals surface area (Å²) in [5, 5.41) is 27.6. The molecule has 0 heterocycles. The van der Waals surface area contributed by atoms with Crippen LogP contribution in [-0.2, 0) is 0 Å². The van der Waals surface area contributed by atoms with Crippen LogP contribution in [0.2, 0.25) is 0 Å². The lowest BCUT2D eigenvalue weighted by Gasteiger charge is -2.29. The van der Waals surface area contributed by atoms with Crippen LogP contribution in [-0.4, -0.2) is 10.2 Å². The Morgan fingerprint density at radius 3 is 1.29 bits per heavy atom. The van der Waals surface area contributed by atoms with Gasteiger partial charge < -0.3 is 10.2 Å². The van der Waals surface area contributed by atoms with Gasteiger partial charge in [-0.15, -0.1) is 0 Å². The highest BCUT2D eigenvalue weighted by Crippen LogP contribution is 2.56. The highest BCUT2D eigenvalue weighted by molar-refractivity contribution is 8.01. The molecule has 150 valence electrons. The molecular weight excluding hydrogens is 399 g/mol. The zero-order valence-corrected chi connectivity index (χ0v) is 17.8. The van der Waals surface area contributed by atoms with Gasteiger partial charge in [-0.1, -0.05) is 78.9 Å². The van der Waals surface area contributed by atoms with E-state index in [9.17, 15) is 10.2 Å². The Bertz CT molecular complexity index is 1240. The Labute approximate surface area is 182 Å². The quantitative estimate of drug-likeness (QED) is 0.321. The van der Waals surface area contributed by atoms with E-state index in [-0.39, 0.29) is 11.5 Å². The van der Waals surface area contributed by atoms with Gasteiger partial charge >= 0.3 is 0 Å². The second-order valence-electron chi connectivity index (χ2n) is 7.49. The van der Waals surface area contributed by atoms with Crippen molar-refractivity contribution in [3.8, 4) is 11.5 Å². The van der Waals surface area contributed by atoms with Crippen LogP contribution in [0.15, 0.2) is 121 Å². The molecular formula is C28H22O2P+. The van der Waals surface area contributed by atoms with E-state index in [1.165, 1.54) is 15.9 Å².